The van der Waals surface area contributed by atoms with E-state index in [0.29, 0.717) is 53.4 Å². The van der Waals surface area contributed by atoms with Crippen molar-refractivity contribution >= 4 is 33.6 Å². The van der Waals surface area contributed by atoms with Gasteiger partial charge >= 0.3 is 0 Å². The summed E-state index contributed by atoms with van der Waals surface area (Å²) in [6.07, 6.45) is 1.47. The number of anilines is 2. The second-order valence-corrected chi connectivity index (χ2v) is 8.02. The van der Waals surface area contributed by atoms with Gasteiger partial charge < -0.3 is 14.4 Å². The predicted molar refractivity (Wildman–Crippen MR) is 122 cm³/mol. The van der Waals surface area contributed by atoms with Gasteiger partial charge in [-0.05, 0) is 29.8 Å². The zero-order valence-corrected chi connectivity index (χ0v) is 18.3. The molecule has 0 saturated carbocycles. The standard InChI is InChI=1S/C23H20FN5O3S/c24-20-4-2-1-3-17(20)15-32-19-7-5-16(6-8-19)13-18(14-25)21(30)26-22-27-28-23(33-22)29-9-11-31-12-10-29/h1-8,13H,9-12,15H2,(H,26,27,30)/b18-13-. The second-order valence-electron chi connectivity index (χ2n) is 7.06. The summed E-state index contributed by atoms with van der Waals surface area (Å²) in [4.78, 5) is 14.6. The monoisotopic (exact) mass is 465 g/mol. The molecule has 1 saturated heterocycles. The van der Waals surface area contributed by atoms with E-state index in [0.717, 1.165) is 0 Å². The Kier molecular flexibility index (Phi) is 7.24. The normalized spacial score (nSPS) is 13.9. The molecule has 0 radical (unpaired) electrons. The molecule has 0 spiro atoms. The van der Waals surface area contributed by atoms with Gasteiger partial charge in [0.25, 0.3) is 5.91 Å². The molecule has 10 heteroatoms. The number of nitriles is 1. The highest BCUT2D eigenvalue weighted by Gasteiger charge is 2.18. The van der Waals surface area contributed by atoms with E-state index in [1.165, 1.54) is 23.5 Å². The van der Waals surface area contributed by atoms with Crippen molar-refractivity contribution in [1.82, 2.24) is 10.2 Å². The van der Waals surface area contributed by atoms with Gasteiger partial charge in [0.15, 0.2) is 0 Å². The van der Waals surface area contributed by atoms with Gasteiger partial charge in [0.1, 0.15) is 29.8 Å². The summed E-state index contributed by atoms with van der Waals surface area (Å²) < 4.78 is 24.6. The number of hydrogen-bond donors (Lipinski definition) is 1. The Morgan fingerprint density at radius 3 is 2.70 bits per heavy atom. The van der Waals surface area contributed by atoms with Gasteiger partial charge in [0.05, 0.1) is 13.2 Å². The van der Waals surface area contributed by atoms with Crippen LogP contribution in [0.1, 0.15) is 11.1 Å². The number of nitrogens with zero attached hydrogens (tertiary/aromatic N) is 4. The Morgan fingerprint density at radius 1 is 1.21 bits per heavy atom. The zero-order valence-electron chi connectivity index (χ0n) is 17.5. The maximum atomic E-state index is 13.7. The molecule has 1 amide bonds. The molecular weight excluding hydrogens is 445 g/mol. The molecule has 3 aromatic rings. The van der Waals surface area contributed by atoms with Crippen molar-refractivity contribution in [3.63, 3.8) is 0 Å². The summed E-state index contributed by atoms with van der Waals surface area (Å²) in [6, 6.07) is 15.1. The number of benzene rings is 2. The van der Waals surface area contributed by atoms with E-state index in [4.69, 9.17) is 9.47 Å². The van der Waals surface area contributed by atoms with Gasteiger partial charge in [-0.3, -0.25) is 10.1 Å². The van der Waals surface area contributed by atoms with Crippen molar-refractivity contribution in [3.8, 4) is 11.8 Å². The van der Waals surface area contributed by atoms with Crippen LogP contribution in [0.5, 0.6) is 5.75 Å². The van der Waals surface area contributed by atoms with Gasteiger partial charge in [-0.25, -0.2) is 4.39 Å². The first kappa shape index (κ1) is 22.4. The third-order valence-corrected chi connectivity index (χ3v) is 5.72. The largest absolute Gasteiger partial charge is 0.489 e. The van der Waals surface area contributed by atoms with E-state index < -0.39 is 5.91 Å². The highest BCUT2D eigenvalue weighted by molar-refractivity contribution is 7.19. The molecule has 1 aliphatic heterocycles. The SMILES string of the molecule is N#C/C(=C/c1ccc(OCc2ccccc2F)cc1)C(=O)Nc1nnc(N2CCOCC2)s1. The van der Waals surface area contributed by atoms with Crippen molar-refractivity contribution < 1.29 is 18.7 Å². The summed E-state index contributed by atoms with van der Waals surface area (Å²) >= 11 is 1.24. The van der Waals surface area contributed by atoms with Crippen LogP contribution in [0.2, 0.25) is 0 Å². The zero-order chi connectivity index (χ0) is 23.0. The minimum Gasteiger partial charge on any atom is -0.489 e. The van der Waals surface area contributed by atoms with Crippen molar-refractivity contribution in [2.24, 2.45) is 0 Å². The fourth-order valence-corrected chi connectivity index (χ4v) is 3.86. The second kappa shape index (κ2) is 10.7. The lowest BCUT2D eigenvalue weighted by molar-refractivity contribution is -0.112. The predicted octanol–water partition coefficient (Wildman–Crippen LogP) is 3.64. The molecule has 1 aliphatic rings. The van der Waals surface area contributed by atoms with E-state index >= 15 is 0 Å². The lowest BCUT2D eigenvalue weighted by Gasteiger charge is -2.25. The Hall–Kier alpha value is -3.81. The van der Waals surface area contributed by atoms with E-state index in [2.05, 4.69) is 15.5 Å². The van der Waals surface area contributed by atoms with Crippen molar-refractivity contribution in [2.75, 3.05) is 36.5 Å². The Bertz CT molecular complexity index is 1180. The van der Waals surface area contributed by atoms with Crippen LogP contribution in [-0.2, 0) is 16.1 Å². The Labute approximate surface area is 193 Å². The third kappa shape index (κ3) is 5.91. The van der Waals surface area contributed by atoms with Gasteiger partial charge in [0, 0.05) is 18.7 Å². The van der Waals surface area contributed by atoms with E-state index in [1.807, 2.05) is 11.0 Å². The molecule has 8 nitrogen and oxygen atoms in total. The number of hydrogen-bond acceptors (Lipinski definition) is 8. The molecule has 0 atom stereocenters. The van der Waals surface area contributed by atoms with Crippen LogP contribution in [0, 0.1) is 17.1 Å². The molecule has 1 N–H and O–H groups in total. The summed E-state index contributed by atoms with van der Waals surface area (Å²) in [5.41, 5.74) is 1.03. The minimum atomic E-state index is -0.568. The maximum Gasteiger partial charge on any atom is 0.268 e. The molecule has 168 valence electrons. The maximum absolute atomic E-state index is 13.7. The number of carbonyl (C=O) groups excluding carboxylic acids is 1. The highest BCUT2D eigenvalue weighted by Crippen LogP contribution is 2.25. The fraction of sp³-hybridized carbons (Fsp3) is 0.217. The average Bonchev–Trinajstić information content (AvgIpc) is 3.32. The van der Waals surface area contributed by atoms with Gasteiger partial charge in [-0.15, -0.1) is 10.2 Å². The Balaban J connectivity index is 1.36. The molecule has 1 fully saturated rings. The molecule has 2 aromatic carbocycles. The highest BCUT2D eigenvalue weighted by atomic mass is 32.1. The number of aromatic nitrogens is 2. The number of rotatable bonds is 7. The number of morpholine rings is 1. The molecular formula is C23H20FN5O3S. The fourth-order valence-electron chi connectivity index (χ4n) is 3.06. The molecule has 33 heavy (non-hydrogen) atoms. The molecule has 0 bridgehead atoms. The quantitative estimate of drug-likeness (QED) is 0.420. The number of carbonyl (C=O) groups is 1. The van der Waals surface area contributed by atoms with Gasteiger partial charge in [-0.2, -0.15) is 5.26 Å². The summed E-state index contributed by atoms with van der Waals surface area (Å²) in [5, 5.41) is 21.2. The van der Waals surface area contributed by atoms with Crippen LogP contribution in [0.3, 0.4) is 0 Å². The summed E-state index contributed by atoms with van der Waals surface area (Å²) in [6.45, 7) is 2.77. The molecule has 4 rings (SSSR count). The molecule has 0 aliphatic carbocycles. The van der Waals surface area contributed by atoms with Crippen molar-refractivity contribution in [1.29, 1.82) is 5.26 Å². The first-order valence-corrected chi connectivity index (χ1v) is 11.0. The van der Waals surface area contributed by atoms with Crippen LogP contribution in [0.25, 0.3) is 6.08 Å². The number of halogens is 1. The number of nitrogens with one attached hydrogen (secondary N) is 1. The van der Waals surface area contributed by atoms with Crippen LogP contribution >= 0.6 is 11.3 Å². The van der Waals surface area contributed by atoms with E-state index in [1.54, 1.807) is 42.5 Å². The number of amides is 1. The topological polar surface area (TPSA) is 100 Å². The van der Waals surface area contributed by atoms with Crippen LogP contribution < -0.4 is 15.0 Å². The van der Waals surface area contributed by atoms with Crippen molar-refractivity contribution in [3.05, 3.63) is 71.0 Å². The van der Waals surface area contributed by atoms with Crippen LogP contribution in [0.4, 0.5) is 14.7 Å². The van der Waals surface area contributed by atoms with E-state index in [9.17, 15) is 14.4 Å². The van der Waals surface area contributed by atoms with Gasteiger partial charge in [-0.1, -0.05) is 41.7 Å². The van der Waals surface area contributed by atoms with Crippen LogP contribution in [0.15, 0.2) is 54.1 Å². The lowest BCUT2D eigenvalue weighted by atomic mass is 10.1. The third-order valence-electron chi connectivity index (χ3n) is 4.82. The molecule has 2 heterocycles. The molecule has 1 aromatic heterocycles. The van der Waals surface area contributed by atoms with Crippen molar-refractivity contribution in [2.45, 2.75) is 6.61 Å². The van der Waals surface area contributed by atoms with Crippen LogP contribution in [-0.4, -0.2) is 42.4 Å². The summed E-state index contributed by atoms with van der Waals surface area (Å²) in [5.74, 6) is -0.348. The minimum absolute atomic E-state index is 0.0712. The smallest absolute Gasteiger partial charge is 0.268 e. The lowest BCUT2D eigenvalue weighted by Crippen LogP contribution is -2.36. The Morgan fingerprint density at radius 2 is 1.97 bits per heavy atom. The summed E-state index contributed by atoms with van der Waals surface area (Å²) in [7, 11) is 0. The first-order chi connectivity index (χ1) is 16.1. The van der Waals surface area contributed by atoms with Gasteiger partial charge in [0.2, 0.25) is 10.3 Å². The van der Waals surface area contributed by atoms with E-state index in [-0.39, 0.29) is 18.0 Å². The number of ether oxygens (including phenoxy) is 2. The first-order valence-electron chi connectivity index (χ1n) is 10.2. The average molecular weight is 466 g/mol. The molecule has 0 unspecified atom stereocenters.